The van der Waals surface area contributed by atoms with Crippen LogP contribution in [-0.4, -0.2) is 42.0 Å². The summed E-state index contributed by atoms with van der Waals surface area (Å²) < 4.78 is 17.6. The Kier molecular flexibility index (Phi) is 6.26. The highest BCUT2D eigenvalue weighted by atomic mass is 16.5. The predicted octanol–water partition coefficient (Wildman–Crippen LogP) is 4.52. The number of amides is 1. The summed E-state index contributed by atoms with van der Waals surface area (Å²) in [6.45, 7) is 2.03. The fourth-order valence-corrected chi connectivity index (χ4v) is 3.40. The molecule has 0 aliphatic heterocycles. The normalized spacial score (nSPS) is 10.5. The molecule has 8 heteroatoms. The number of nitrogens with one attached hydrogen (secondary N) is 1. The summed E-state index contributed by atoms with van der Waals surface area (Å²) in [5.74, 6) is 1.18. The van der Waals surface area contributed by atoms with Gasteiger partial charge in [-0.3, -0.25) is 4.79 Å². The van der Waals surface area contributed by atoms with E-state index in [9.17, 15) is 4.79 Å². The van der Waals surface area contributed by atoms with Gasteiger partial charge in [-0.15, -0.1) is 5.10 Å². The molecule has 0 radical (unpaired) electrons. The van der Waals surface area contributed by atoms with Crippen molar-refractivity contribution in [2.75, 3.05) is 26.6 Å². The molecular weight excluding hydrogens is 420 g/mol. The lowest BCUT2D eigenvalue weighted by molar-refractivity contribution is 0.102. The van der Waals surface area contributed by atoms with Crippen molar-refractivity contribution in [2.24, 2.45) is 0 Å². The Morgan fingerprint density at radius 3 is 2.06 bits per heavy atom. The fraction of sp³-hybridized carbons (Fsp3) is 0.160. The van der Waals surface area contributed by atoms with Gasteiger partial charge >= 0.3 is 6.01 Å². The van der Waals surface area contributed by atoms with Crippen LogP contribution in [0.2, 0.25) is 0 Å². The Hall–Kier alpha value is -4.33. The molecular formula is C25H24N4O4. The van der Waals surface area contributed by atoms with E-state index >= 15 is 0 Å². The molecule has 0 unspecified atom stereocenters. The van der Waals surface area contributed by atoms with Crippen LogP contribution in [0, 0.1) is 6.92 Å². The first-order valence-corrected chi connectivity index (χ1v) is 10.2. The number of ether oxygens (including phenoxy) is 3. The van der Waals surface area contributed by atoms with E-state index in [-0.39, 0.29) is 11.9 Å². The Bertz CT molecular complexity index is 1240. The summed E-state index contributed by atoms with van der Waals surface area (Å²) in [4.78, 5) is 17.4. The number of carbonyl (C=O) groups is 1. The minimum atomic E-state index is -0.334. The second-order valence-electron chi connectivity index (χ2n) is 7.24. The zero-order valence-corrected chi connectivity index (χ0v) is 18.8. The molecule has 0 aliphatic rings. The maximum Gasteiger partial charge on any atom is 0.336 e. The maximum atomic E-state index is 12.9. The molecule has 1 amide bonds. The SMILES string of the molecule is COc1nc(-c2ccc(C)cc2)n(-c2ccc(NC(=O)c3c(OC)cccc3OC)cc2)n1. The topological polar surface area (TPSA) is 87.5 Å². The first-order chi connectivity index (χ1) is 16.0. The van der Waals surface area contributed by atoms with Gasteiger partial charge in [0.1, 0.15) is 17.1 Å². The minimum absolute atomic E-state index is 0.270. The molecule has 0 aliphatic carbocycles. The van der Waals surface area contributed by atoms with Gasteiger partial charge in [0.25, 0.3) is 5.91 Å². The molecule has 1 heterocycles. The second kappa shape index (κ2) is 9.44. The first kappa shape index (κ1) is 21.9. The van der Waals surface area contributed by atoms with Gasteiger partial charge < -0.3 is 19.5 Å². The molecule has 33 heavy (non-hydrogen) atoms. The lowest BCUT2D eigenvalue weighted by Crippen LogP contribution is -2.14. The molecule has 4 aromatic rings. The average molecular weight is 444 g/mol. The second-order valence-corrected chi connectivity index (χ2v) is 7.24. The van der Waals surface area contributed by atoms with Gasteiger partial charge in [0.15, 0.2) is 5.82 Å². The Labute approximate surface area is 191 Å². The number of nitrogens with zero attached hydrogens (tertiary/aromatic N) is 3. The van der Waals surface area contributed by atoms with Gasteiger partial charge in [0.05, 0.1) is 27.0 Å². The monoisotopic (exact) mass is 444 g/mol. The van der Waals surface area contributed by atoms with Crippen LogP contribution in [0.25, 0.3) is 17.1 Å². The van der Waals surface area contributed by atoms with Crippen LogP contribution >= 0.6 is 0 Å². The van der Waals surface area contributed by atoms with Gasteiger partial charge in [-0.1, -0.05) is 35.9 Å². The molecule has 168 valence electrons. The molecule has 0 saturated heterocycles. The lowest BCUT2D eigenvalue weighted by Gasteiger charge is -2.13. The van der Waals surface area contributed by atoms with Gasteiger partial charge in [-0.05, 0) is 43.3 Å². The number of anilines is 1. The number of hydrogen-bond acceptors (Lipinski definition) is 6. The first-order valence-electron chi connectivity index (χ1n) is 10.2. The van der Waals surface area contributed by atoms with E-state index in [4.69, 9.17) is 14.2 Å². The number of hydrogen-bond donors (Lipinski definition) is 1. The molecule has 0 bridgehead atoms. The predicted molar refractivity (Wildman–Crippen MR) is 126 cm³/mol. The van der Waals surface area contributed by atoms with Crippen molar-refractivity contribution in [3.63, 3.8) is 0 Å². The molecule has 0 atom stereocenters. The van der Waals surface area contributed by atoms with Crippen molar-refractivity contribution < 1.29 is 19.0 Å². The Morgan fingerprint density at radius 1 is 0.848 bits per heavy atom. The van der Waals surface area contributed by atoms with E-state index in [1.165, 1.54) is 21.3 Å². The molecule has 1 aromatic heterocycles. The van der Waals surface area contributed by atoms with Crippen LogP contribution in [0.15, 0.2) is 66.7 Å². The van der Waals surface area contributed by atoms with E-state index in [1.807, 2.05) is 43.3 Å². The molecule has 3 aromatic carbocycles. The summed E-state index contributed by atoms with van der Waals surface area (Å²) in [5.41, 5.74) is 3.78. The molecule has 0 spiro atoms. The van der Waals surface area contributed by atoms with Gasteiger partial charge in [-0.25, -0.2) is 4.68 Å². The number of benzene rings is 3. The quantitative estimate of drug-likeness (QED) is 0.451. The maximum absolute atomic E-state index is 12.9. The van der Waals surface area contributed by atoms with E-state index in [0.717, 1.165) is 16.8 Å². The summed E-state index contributed by atoms with van der Waals surface area (Å²) >= 11 is 0. The van der Waals surface area contributed by atoms with Crippen molar-refractivity contribution >= 4 is 11.6 Å². The van der Waals surface area contributed by atoms with Crippen molar-refractivity contribution in [1.82, 2.24) is 14.8 Å². The van der Waals surface area contributed by atoms with Crippen molar-refractivity contribution in [3.8, 4) is 34.6 Å². The van der Waals surface area contributed by atoms with Crippen LogP contribution in [0.5, 0.6) is 17.5 Å². The third-order valence-electron chi connectivity index (χ3n) is 5.10. The summed E-state index contributed by atoms with van der Waals surface area (Å²) in [6.07, 6.45) is 0. The van der Waals surface area contributed by atoms with Crippen molar-refractivity contribution in [2.45, 2.75) is 6.92 Å². The molecule has 0 saturated carbocycles. The van der Waals surface area contributed by atoms with Crippen LogP contribution in [0.3, 0.4) is 0 Å². The lowest BCUT2D eigenvalue weighted by atomic mass is 10.1. The smallest absolute Gasteiger partial charge is 0.336 e. The Morgan fingerprint density at radius 2 is 1.48 bits per heavy atom. The molecule has 0 fully saturated rings. The minimum Gasteiger partial charge on any atom is -0.496 e. The van der Waals surface area contributed by atoms with Gasteiger partial charge in [0, 0.05) is 11.3 Å². The summed E-state index contributed by atoms with van der Waals surface area (Å²) in [7, 11) is 4.56. The highest BCUT2D eigenvalue weighted by molar-refractivity contribution is 6.08. The van der Waals surface area contributed by atoms with Gasteiger partial charge in [-0.2, -0.15) is 4.98 Å². The third-order valence-corrected chi connectivity index (χ3v) is 5.10. The van der Waals surface area contributed by atoms with E-state index in [2.05, 4.69) is 15.4 Å². The van der Waals surface area contributed by atoms with E-state index < -0.39 is 0 Å². The highest BCUT2D eigenvalue weighted by Gasteiger charge is 2.19. The molecule has 1 N–H and O–H groups in total. The zero-order valence-electron chi connectivity index (χ0n) is 18.8. The fourth-order valence-electron chi connectivity index (χ4n) is 3.40. The number of methoxy groups -OCH3 is 3. The van der Waals surface area contributed by atoms with E-state index in [1.54, 1.807) is 35.0 Å². The zero-order chi connectivity index (χ0) is 23.4. The Balaban J connectivity index is 1.62. The summed E-state index contributed by atoms with van der Waals surface area (Å²) in [5, 5.41) is 7.33. The van der Waals surface area contributed by atoms with Crippen LogP contribution in [-0.2, 0) is 0 Å². The van der Waals surface area contributed by atoms with Crippen LogP contribution in [0.4, 0.5) is 5.69 Å². The van der Waals surface area contributed by atoms with Crippen molar-refractivity contribution in [3.05, 3.63) is 77.9 Å². The van der Waals surface area contributed by atoms with Crippen LogP contribution < -0.4 is 19.5 Å². The largest absolute Gasteiger partial charge is 0.496 e. The standard InChI is InChI=1S/C25H24N4O4/c1-16-8-10-17(11-9-16)23-27-25(33-4)28-29(23)19-14-12-18(13-15-19)26-24(30)22-20(31-2)6-5-7-21(22)32-3/h5-15H,1-4H3,(H,26,30). The molecule has 4 rings (SSSR count). The van der Waals surface area contributed by atoms with Gasteiger partial charge in [0.2, 0.25) is 0 Å². The highest BCUT2D eigenvalue weighted by Crippen LogP contribution is 2.29. The molecule has 8 nitrogen and oxygen atoms in total. The number of aromatic nitrogens is 3. The average Bonchev–Trinajstić information content (AvgIpc) is 3.29. The number of aryl methyl sites for hydroxylation is 1. The number of rotatable bonds is 7. The van der Waals surface area contributed by atoms with Crippen LogP contribution in [0.1, 0.15) is 15.9 Å². The van der Waals surface area contributed by atoms with Crippen molar-refractivity contribution in [1.29, 1.82) is 0 Å². The number of carbonyl (C=O) groups excluding carboxylic acids is 1. The third kappa shape index (κ3) is 4.50. The summed E-state index contributed by atoms with van der Waals surface area (Å²) in [6, 6.07) is 20.8. The van der Waals surface area contributed by atoms with E-state index in [0.29, 0.717) is 28.6 Å².